The van der Waals surface area contributed by atoms with Gasteiger partial charge in [-0.05, 0) is 48.7 Å². The van der Waals surface area contributed by atoms with Crippen molar-refractivity contribution >= 4 is 27.5 Å². The molecular formula is C21H25ClN2O4S. The number of carbonyl (C=O) groups is 1. The van der Waals surface area contributed by atoms with Crippen LogP contribution in [-0.4, -0.2) is 44.9 Å². The Morgan fingerprint density at radius 3 is 2.34 bits per heavy atom. The molecule has 1 aliphatic heterocycles. The molecule has 0 aliphatic carbocycles. The average molecular weight is 437 g/mol. The number of aryl methyl sites for hydroxylation is 1. The Bertz CT molecular complexity index is 924. The zero-order valence-electron chi connectivity index (χ0n) is 16.3. The first-order chi connectivity index (χ1) is 13.9. The lowest BCUT2D eigenvalue weighted by Crippen LogP contribution is -2.40. The topological polar surface area (TPSA) is 75.7 Å². The molecule has 0 unspecified atom stereocenters. The van der Waals surface area contributed by atoms with E-state index in [1.807, 2.05) is 19.1 Å². The normalized spacial score (nSPS) is 16.3. The number of benzene rings is 2. The van der Waals surface area contributed by atoms with Crippen molar-refractivity contribution < 1.29 is 17.9 Å². The summed E-state index contributed by atoms with van der Waals surface area (Å²) in [6.45, 7) is 3.50. The second-order valence-corrected chi connectivity index (χ2v) is 9.38. The number of morpholine rings is 1. The molecule has 1 atom stereocenters. The standard InChI is InChI=1S/C21H25ClN2O4S/c1-16(18-5-7-19(22)8-6-18)23-21(25)11-4-17-2-9-20(10-3-17)29(26,27)24-12-14-28-15-13-24/h2-3,5-10,16H,4,11-15H2,1H3,(H,23,25)/t16-/m0/s1. The average Bonchev–Trinajstić information content (AvgIpc) is 2.73. The molecule has 8 heteroatoms. The van der Waals surface area contributed by atoms with Crippen LogP contribution >= 0.6 is 11.6 Å². The van der Waals surface area contributed by atoms with Crippen molar-refractivity contribution in [2.45, 2.75) is 30.7 Å². The summed E-state index contributed by atoms with van der Waals surface area (Å²) in [5.41, 5.74) is 1.90. The van der Waals surface area contributed by atoms with Crippen molar-refractivity contribution in [2.24, 2.45) is 0 Å². The summed E-state index contributed by atoms with van der Waals surface area (Å²) in [4.78, 5) is 12.5. The fourth-order valence-electron chi connectivity index (χ4n) is 3.17. The Balaban J connectivity index is 1.53. The molecule has 156 valence electrons. The van der Waals surface area contributed by atoms with Crippen LogP contribution in [0.5, 0.6) is 0 Å². The Hall–Kier alpha value is -1.93. The van der Waals surface area contributed by atoms with E-state index >= 15 is 0 Å². The summed E-state index contributed by atoms with van der Waals surface area (Å²) < 4.78 is 31.9. The number of amides is 1. The highest BCUT2D eigenvalue weighted by Crippen LogP contribution is 2.19. The molecule has 1 amide bonds. The van der Waals surface area contributed by atoms with Gasteiger partial charge >= 0.3 is 0 Å². The number of nitrogens with zero attached hydrogens (tertiary/aromatic N) is 1. The van der Waals surface area contributed by atoms with Crippen LogP contribution in [0.15, 0.2) is 53.4 Å². The molecule has 1 aliphatic rings. The lowest BCUT2D eigenvalue weighted by atomic mass is 10.1. The minimum atomic E-state index is -3.50. The van der Waals surface area contributed by atoms with Crippen molar-refractivity contribution in [2.75, 3.05) is 26.3 Å². The smallest absolute Gasteiger partial charge is 0.243 e. The van der Waals surface area contributed by atoms with Crippen LogP contribution in [0.3, 0.4) is 0 Å². The Kier molecular flexibility index (Phi) is 7.29. The summed E-state index contributed by atoms with van der Waals surface area (Å²) in [7, 11) is -3.50. The van der Waals surface area contributed by atoms with Gasteiger partial charge in [0.05, 0.1) is 24.2 Å². The van der Waals surface area contributed by atoms with Gasteiger partial charge in [-0.3, -0.25) is 4.79 Å². The Morgan fingerprint density at radius 1 is 1.10 bits per heavy atom. The predicted molar refractivity (Wildman–Crippen MR) is 112 cm³/mol. The lowest BCUT2D eigenvalue weighted by molar-refractivity contribution is -0.121. The number of hydrogen-bond acceptors (Lipinski definition) is 4. The van der Waals surface area contributed by atoms with Gasteiger partial charge in [0.2, 0.25) is 15.9 Å². The molecule has 0 bridgehead atoms. The quantitative estimate of drug-likeness (QED) is 0.723. The Morgan fingerprint density at radius 2 is 1.72 bits per heavy atom. The van der Waals surface area contributed by atoms with Crippen molar-refractivity contribution in [1.82, 2.24) is 9.62 Å². The van der Waals surface area contributed by atoms with Gasteiger partial charge in [-0.1, -0.05) is 35.9 Å². The Labute approximate surface area is 176 Å². The van der Waals surface area contributed by atoms with Gasteiger partial charge in [0.25, 0.3) is 0 Å². The molecule has 29 heavy (non-hydrogen) atoms. The van der Waals surface area contributed by atoms with Crippen molar-refractivity contribution in [3.05, 3.63) is 64.7 Å². The van der Waals surface area contributed by atoms with Crippen molar-refractivity contribution in [3.8, 4) is 0 Å². The van der Waals surface area contributed by atoms with Crippen molar-refractivity contribution in [3.63, 3.8) is 0 Å². The second kappa shape index (κ2) is 9.71. The van der Waals surface area contributed by atoms with E-state index in [0.717, 1.165) is 11.1 Å². The van der Waals surface area contributed by atoms with Crippen LogP contribution in [-0.2, 0) is 26.0 Å². The first-order valence-corrected chi connectivity index (χ1v) is 11.4. The van der Waals surface area contributed by atoms with Crippen LogP contribution < -0.4 is 5.32 Å². The van der Waals surface area contributed by atoms with E-state index in [4.69, 9.17) is 16.3 Å². The monoisotopic (exact) mass is 436 g/mol. The maximum atomic E-state index is 12.6. The number of hydrogen-bond donors (Lipinski definition) is 1. The molecule has 6 nitrogen and oxygen atoms in total. The number of sulfonamides is 1. The molecule has 0 spiro atoms. The first kappa shape index (κ1) is 21.8. The zero-order chi connectivity index (χ0) is 20.9. The van der Waals surface area contributed by atoms with Crippen LogP contribution in [0, 0.1) is 0 Å². The van der Waals surface area contributed by atoms with Gasteiger partial charge in [0.15, 0.2) is 0 Å². The van der Waals surface area contributed by atoms with E-state index in [1.165, 1.54) is 4.31 Å². The minimum absolute atomic E-state index is 0.0579. The van der Waals surface area contributed by atoms with E-state index in [9.17, 15) is 13.2 Å². The second-order valence-electron chi connectivity index (χ2n) is 7.00. The van der Waals surface area contributed by atoms with Crippen LogP contribution in [0.2, 0.25) is 5.02 Å². The number of ether oxygens (including phenoxy) is 1. The van der Waals surface area contributed by atoms with Gasteiger partial charge in [-0.25, -0.2) is 8.42 Å². The van der Waals surface area contributed by atoms with E-state index < -0.39 is 10.0 Å². The highest BCUT2D eigenvalue weighted by molar-refractivity contribution is 7.89. The highest BCUT2D eigenvalue weighted by atomic mass is 35.5. The van der Waals surface area contributed by atoms with Gasteiger partial charge in [0.1, 0.15) is 0 Å². The van der Waals surface area contributed by atoms with Gasteiger partial charge in [-0.15, -0.1) is 0 Å². The molecule has 1 N–H and O–H groups in total. The third-order valence-electron chi connectivity index (χ3n) is 4.92. The third-order valence-corrected chi connectivity index (χ3v) is 7.08. The lowest BCUT2D eigenvalue weighted by Gasteiger charge is -2.26. The number of carbonyl (C=O) groups excluding carboxylic acids is 1. The first-order valence-electron chi connectivity index (χ1n) is 9.58. The van der Waals surface area contributed by atoms with Gasteiger partial charge in [0, 0.05) is 24.5 Å². The zero-order valence-corrected chi connectivity index (χ0v) is 17.9. The molecule has 1 heterocycles. The number of rotatable bonds is 7. The fraction of sp³-hybridized carbons (Fsp3) is 0.381. The molecular weight excluding hydrogens is 412 g/mol. The van der Waals surface area contributed by atoms with E-state index in [-0.39, 0.29) is 16.8 Å². The van der Waals surface area contributed by atoms with E-state index in [2.05, 4.69) is 5.32 Å². The van der Waals surface area contributed by atoms with E-state index in [0.29, 0.717) is 44.2 Å². The fourth-order valence-corrected chi connectivity index (χ4v) is 4.70. The number of nitrogens with one attached hydrogen (secondary N) is 1. The summed E-state index contributed by atoms with van der Waals surface area (Å²) in [6.07, 6.45) is 0.866. The number of halogens is 1. The molecule has 0 aromatic heterocycles. The molecule has 0 radical (unpaired) electrons. The SMILES string of the molecule is C[C@H](NC(=O)CCc1ccc(S(=O)(=O)N2CCOCC2)cc1)c1ccc(Cl)cc1. The summed E-state index contributed by atoms with van der Waals surface area (Å²) in [6, 6.07) is 14.0. The van der Waals surface area contributed by atoms with E-state index in [1.54, 1.807) is 36.4 Å². The summed E-state index contributed by atoms with van der Waals surface area (Å²) >= 11 is 5.89. The van der Waals surface area contributed by atoms with Crippen molar-refractivity contribution in [1.29, 1.82) is 0 Å². The molecule has 1 saturated heterocycles. The molecule has 2 aromatic rings. The maximum absolute atomic E-state index is 12.6. The molecule has 1 fully saturated rings. The molecule has 3 rings (SSSR count). The van der Waals surface area contributed by atoms with Crippen LogP contribution in [0.25, 0.3) is 0 Å². The van der Waals surface area contributed by atoms with Crippen LogP contribution in [0.4, 0.5) is 0 Å². The summed E-state index contributed by atoms with van der Waals surface area (Å²) in [5.74, 6) is -0.0579. The summed E-state index contributed by atoms with van der Waals surface area (Å²) in [5, 5.41) is 3.63. The molecule has 2 aromatic carbocycles. The molecule has 0 saturated carbocycles. The van der Waals surface area contributed by atoms with Gasteiger partial charge in [-0.2, -0.15) is 4.31 Å². The predicted octanol–water partition coefficient (Wildman–Crippen LogP) is 3.17. The van der Waals surface area contributed by atoms with Gasteiger partial charge < -0.3 is 10.1 Å². The van der Waals surface area contributed by atoms with Crippen LogP contribution in [0.1, 0.15) is 30.5 Å². The highest BCUT2D eigenvalue weighted by Gasteiger charge is 2.26. The largest absolute Gasteiger partial charge is 0.379 e. The minimum Gasteiger partial charge on any atom is -0.379 e. The third kappa shape index (κ3) is 5.79. The maximum Gasteiger partial charge on any atom is 0.243 e.